The lowest BCUT2D eigenvalue weighted by atomic mass is 9.70. The highest BCUT2D eigenvalue weighted by Crippen LogP contribution is 2.60. The van der Waals surface area contributed by atoms with E-state index in [1.807, 2.05) is 71.9 Å². The maximum atomic E-state index is 14.7. The van der Waals surface area contributed by atoms with Gasteiger partial charge in [-0.3, -0.25) is 19.2 Å². The smallest absolute Gasteiger partial charge is 0.313 e. The molecule has 3 aliphatic heterocycles. The van der Waals surface area contributed by atoms with Crippen LogP contribution in [0.15, 0.2) is 55.6 Å². The number of aliphatic hydroxyl groups is 1. The Balaban J connectivity index is 1.75. The number of fused-ring (bicyclic) bond motifs is 1. The van der Waals surface area contributed by atoms with Gasteiger partial charge in [0.1, 0.15) is 17.7 Å². The summed E-state index contributed by atoms with van der Waals surface area (Å²) in [6.07, 6.45) is 4.32. The summed E-state index contributed by atoms with van der Waals surface area (Å²) >= 11 is 0. The van der Waals surface area contributed by atoms with Crippen molar-refractivity contribution in [2.24, 2.45) is 17.8 Å². The van der Waals surface area contributed by atoms with Gasteiger partial charge < -0.3 is 29.3 Å². The molecule has 3 amide bonds. The normalized spacial score (nSPS) is 27.1. The zero-order chi connectivity index (χ0) is 35.6. The van der Waals surface area contributed by atoms with Crippen molar-refractivity contribution in [2.75, 3.05) is 20.2 Å². The van der Waals surface area contributed by atoms with Crippen molar-refractivity contribution in [2.45, 2.75) is 115 Å². The first kappa shape index (κ1) is 37.3. The van der Waals surface area contributed by atoms with Gasteiger partial charge in [-0.2, -0.15) is 0 Å². The number of carbonyl (C=O) groups is 4. The van der Waals surface area contributed by atoms with Crippen LogP contribution < -0.4 is 0 Å². The number of hydrogen-bond donors (Lipinski definition) is 1. The molecule has 264 valence electrons. The summed E-state index contributed by atoms with van der Waals surface area (Å²) in [6, 6.07) is 7.08. The third-order valence-corrected chi connectivity index (χ3v) is 10.9. The number of benzene rings is 1. The molecule has 0 aliphatic carbocycles. The van der Waals surface area contributed by atoms with Crippen LogP contribution in [0, 0.1) is 17.8 Å². The third-order valence-electron chi connectivity index (χ3n) is 10.9. The van der Waals surface area contributed by atoms with Crippen LogP contribution in [0.5, 0.6) is 0 Å². The van der Waals surface area contributed by atoms with Gasteiger partial charge in [0.2, 0.25) is 17.7 Å². The molecule has 3 heterocycles. The first-order chi connectivity index (χ1) is 22.7. The number of likely N-dealkylation sites (N-methyl/N-ethyl adjacent to an activating group) is 1. The molecular formula is C38H55N3O7. The van der Waals surface area contributed by atoms with Gasteiger partial charge in [0.05, 0.1) is 36.6 Å². The van der Waals surface area contributed by atoms with Crippen molar-refractivity contribution < 1.29 is 33.8 Å². The van der Waals surface area contributed by atoms with E-state index in [4.69, 9.17) is 9.47 Å². The van der Waals surface area contributed by atoms with Gasteiger partial charge in [-0.05, 0) is 58.4 Å². The predicted octanol–water partition coefficient (Wildman–Crippen LogP) is 4.68. The highest BCUT2D eigenvalue weighted by atomic mass is 16.6. The summed E-state index contributed by atoms with van der Waals surface area (Å²) in [7, 11) is 1.69. The molecule has 1 aromatic carbocycles. The average molecular weight is 666 g/mol. The van der Waals surface area contributed by atoms with Crippen LogP contribution in [-0.2, 0) is 28.7 Å². The van der Waals surface area contributed by atoms with E-state index in [9.17, 15) is 24.3 Å². The largest absolute Gasteiger partial charge is 0.455 e. The van der Waals surface area contributed by atoms with Crippen LogP contribution in [0.2, 0.25) is 0 Å². The molecular weight excluding hydrogens is 610 g/mol. The molecule has 3 aliphatic rings. The number of likely N-dealkylation sites (tertiary alicyclic amines) is 1. The Hall–Kier alpha value is -3.50. The molecule has 4 rings (SSSR count). The van der Waals surface area contributed by atoms with Crippen molar-refractivity contribution in [3.8, 4) is 0 Å². The molecule has 9 atom stereocenters. The van der Waals surface area contributed by atoms with Gasteiger partial charge in [0, 0.05) is 25.6 Å². The number of esters is 1. The molecule has 10 heteroatoms. The van der Waals surface area contributed by atoms with Crippen LogP contribution in [-0.4, -0.2) is 99.1 Å². The van der Waals surface area contributed by atoms with Crippen molar-refractivity contribution in [3.05, 3.63) is 61.2 Å². The lowest BCUT2D eigenvalue weighted by Gasteiger charge is -2.44. The van der Waals surface area contributed by atoms with Crippen LogP contribution in [0.25, 0.3) is 0 Å². The van der Waals surface area contributed by atoms with Crippen LogP contribution in [0.3, 0.4) is 0 Å². The lowest BCUT2D eigenvalue weighted by Crippen LogP contribution is -2.62. The van der Waals surface area contributed by atoms with Crippen molar-refractivity contribution >= 4 is 23.7 Å². The Kier molecular flexibility index (Phi) is 11.6. The number of nitrogens with zero attached hydrogens (tertiary/aromatic N) is 3. The maximum absolute atomic E-state index is 14.7. The number of allylic oxidation sites excluding steroid dienone is 1. The molecule has 3 fully saturated rings. The molecule has 2 bridgehead atoms. The quantitative estimate of drug-likeness (QED) is 0.214. The minimum Gasteiger partial charge on any atom is -0.455 e. The number of amides is 3. The Morgan fingerprint density at radius 2 is 1.83 bits per heavy atom. The van der Waals surface area contributed by atoms with E-state index in [0.29, 0.717) is 25.7 Å². The van der Waals surface area contributed by atoms with Crippen LogP contribution >= 0.6 is 0 Å². The van der Waals surface area contributed by atoms with E-state index < -0.39 is 59.3 Å². The van der Waals surface area contributed by atoms with E-state index in [2.05, 4.69) is 13.2 Å². The zero-order valence-corrected chi connectivity index (χ0v) is 29.8. The second kappa shape index (κ2) is 14.9. The van der Waals surface area contributed by atoms with Gasteiger partial charge in [0.15, 0.2) is 0 Å². The molecule has 0 aromatic heterocycles. The van der Waals surface area contributed by atoms with Crippen LogP contribution in [0.1, 0.15) is 85.3 Å². The predicted molar refractivity (Wildman–Crippen MR) is 183 cm³/mol. The fourth-order valence-electron chi connectivity index (χ4n) is 7.90. The van der Waals surface area contributed by atoms with Crippen molar-refractivity contribution in [1.29, 1.82) is 0 Å². The summed E-state index contributed by atoms with van der Waals surface area (Å²) in [5.74, 6) is -3.39. The minimum atomic E-state index is -1.25. The van der Waals surface area contributed by atoms with E-state index >= 15 is 0 Å². The molecule has 1 spiro atoms. The van der Waals surface area contributed by atoms with Crippen LogP contribution in [0.4, 0.5) is 0 Å². The van der Waals surface area contributed by atoms with Crippen molar-refractivity contribution in [3.63, 3.8) is 0 Å². The SMILES string of the molecule is C=CCCC(=O)N(C)[C@H](C)[C@H](OC(=O)[C@@H]1[C@H]2C(=O)N([C@@H](CO)[C@@H](C)CC)[C@H](C(=O)N(CC=C)C(C)(C)C)[C@]23CC[C@H]1O3)c1ccccc1. The molecule has 0 radical (unpaired) electrons. The number of ether oxygens (including phenoxy) is 2. The molecule has 1 N–H and O–H groups in total. The Morgan fingerprint density at radius 3 is 2.40 bits per heavy atom. The maximum Gasteiger partial charge on any atom is 0.313 e. The van der Waals surface area contributed by atoms with E-state index in [1.54, 1.807) is 29.0 Å². The average Bonchev–Trinajstić information content (AvgIpc) is 3.71. The Morgan fingerprint density at radius 1 is 1.17 bits per heavy atom. The lowest BCUT2D eigenvalue weighted by molar-refractivity contribution is -0.165. The Bertz CT molecular complexity index is 1360. The summed E-state index contributed by atoms with van der Waals surface area (Å²) in [5.41, 5.74) is -1.13. The highest BCUT2D eigenvalue weighted by Gasteiger charge is 2.76. The summed E-state index contributed by atoms with van der Waals surface area (Å²) < 4.78 is 13.0. The fourth-order valence-corrected chi connectivity index (χ4v) is 7.90. The fraction of sp³-hybridized carbons (Fsp3) is 0.632. The molecule has 48 heavy (non-hydrogen) atoms. The summed E-state index contributed by atoms with van der Waals surface area (Å²) in [5, 5.41) is 10.7. The molecule has 1 aromatic rings. The molecule has 0 saturated carbocycles. The zero-order valence-electron chi connectivity index (χ0n) is 29.8. The number of rotatable bonds is 15. The molecule has 0 unspecified atom stereocenters. The van der Waals surface area contributed by atoms with Gasteiger partial charge in [-0.25, -0.2) is 0 Å². The Labute approximate surface area is 286 Å². The number of hydrogen-bond acceptors (Lipinski definition) is 7. The molecule has 3 saturated heterocycles. The number of aliphatic hydroxyl groups excluding tert-OH is 1. The van der Waals surface area contributed by atoms with Gasteiger partial charge in [-0.1, -0.05) is 62.8 Å². The van der Waals surface area contributed by atoms with E-state index in [1.165, 1.54) is 4.90 Å². The standard InChI is InChI=1S/C38H55N3O7/c1-10-13-19-29(43)39(9)25(5)32(26-17-15-14-16-18-26)47-36(46)30-28-20-21-38(48-28)31(30)34(44)41(27(23-42)24(4)12-3)33(38)35(45)40(22-11-2)37(6,7)8/h10-11,14-18,24-25,27-28,30-33,42H,1-2,12-13,19-23H2,3-9H3/t24-,25+,27-,28+,30-,31-,32-,33+,38-/m0/s1. The first-order valence-corrected chi connectivity index (χ1v) is 17.3. The second-order valence-electron chi connectivity index (χ2n) is 14.7. The van der Waals surface area contributed by atoms with Gasteiger partial charge in [0.25, 0.3) is 0 Å². The minimum absolute atomic E-state index is 0.104. The first-order valence-electron chi connectivity index (χ1n) is 17.3. The monoisotopic (exact) mass is 665 g/mol. The highest BCUT2D eigenvalue weighted by molar-refractivity contribution is 5.98. The number of carbonyl (C=O) groups excluding carboxylic acids is 4. The summed E-state index contributed by atoms with van der Waals surface area (Å²) in [4.78, 5) is 61.7. The van der Waals surface area contributed by atoms with Gasteiger partial charge >= 0.3 is 5.97 Å². The van der Waals surface area contributed by atoms with Crippen molar-refractivity contribution in [1.82, 2.24) is 14.7 Å². The summed E-state index contributed by atoms with van der Waals surface area (Å²) in [6.45, 7) is 19.1. The van der Waals surface area contributed by atoms with E-state index in [0.717, 1.165) is 5.56 Å². The third kappa shape index (κ3) is 6.70. The van der Waals surface area contributed by atoms with E-state index in [-0.39, 0.29) is 43.2 Å². The van der Waals surface area contributed by atoms with Gasteiger partial charge in [-0.15, -0.1) is 13.2 Å². The molecule has 10 nitrogen and oxygen atoms in total. The second-order valence-corrected chi connectivity index (χ2v) is 14.7. The topological polar surface area (TPSA) is 117 Å².